The van der Waals surface area contributed by atoms with Crippen LogP contribution in [-0.4, -0.2) is 17.0 Å². The van der Waals surface area contributed by atoms with Gasteiger partial charge in [-0.3, -0.25) is 4.79 Å². The van der Waals surface area contributed by atoms with Crippen LogP contribution >= 0.6 is 0 Å². The molecular weight excluding hydrogens is 313 g/mol. The van der Waals surface area contributed by atoms with Crippen LogP contribution in [0.3, 0.4) is 0 Å². The molecule has 1 amide bonds. The van der Waals surface area contributed by atoms with Crippen molar-refractivity contribution in [1.29, 1.82) is 0 Å². The van der Waals surface area contributed by atoms with Gasteiger partial charge >= 0.3 is 5.97 Å². The lowest BCUT2D eigenvalue weighted by Gasteiger charge is -2.11. The second-order valence-electron chi connectivity index (χ2n) is 5.91. The molecule has 0 radical (unpaired) electrons. The first-order valence-corrected chi connectivity index (χ1v) is 7.69. The third-order valence-electron chi connectivity index (χ3n) is 3.67. The van der Waals surface area contributed by atoms with Crippen molar-refractivity contribution in [2.45, 2.75) is 33.2 Å². The minimum atomic E-state index is -1.06. The number of benzene rings is 1. The summed E-state index contributed by atoms with van der Waals surface area (Å²) in [5, 5.41) is 11.7. The summed E-state index contributed by atoms with van der Waals surface area (Å²) >= 11 is 0. The zero-order valence-corrected chi connectivity index (χ0v) is 13.6. The van der Waals surface area contributed by atoms with Gasteiger partial charge in [0, 0.05) is 6.42 Å². The highest BCUT2D eigenvalue weighted by Crippen LogP contribution is 2.15. The molecule has 0 aliphatic rings. The molecule has 6 heteroatoms. The third kappa shape index (κ3) is 4.94. The molecule has 2 aromatic rings. The van der Waals surface area contributed by atoms with Crippen LogP contribution in [-0.2, 0) is 17.8 Å². The van der Waals surface area contributed by atoms with Crippen molar-refractivity contribution in [3.8, 4) is 0 Å². The summed E-state index contributed by atoms with van der Waals surface area (Å²) in [6.45, 7) is 3.62. The number of aryl methyl sites for hydroxylation is 1. The molecule has 0 saturated heterocycles. The van der Waals surface area contributed by atoms with Crippen LogP contribution in [0, 0.1) is 18.7 Å². The highest BCUT2D eigenvalue weighted by molar-refractivity contribution is 5.88. The van der Waals surface area contributed by atoms with Gasteiger partial charge in [-0.25, -0.2) is 9.18 Å². The average Bonchev–Trinajstić information content (AvgIpc) is 2.86. The van der Waals surface area contributed by atoms with E-state index in [2.05, 4.69) is 5.32 Å². The van der Waals surface area contributed by atoms with Gasteiger partial charge in [0.1, 0.15) is 22.9 Å². The van der Waals surface area contributed by atoms with Crippen LogP contribution in [0.25, 0.3) is 0 Å². The quantitative estimate of drug-likeness (QED) is 0.815. The second kappa shape index (κ2) is 7.77. The van der Waals surface area contributed by atoms with E-state index < -0.39 is 5.97 Å². The second-order valence-corrected chi connectivity index (χ2v) is 5.91. The van der Waals surface area contributed by atoms with E-state index in [1.807, 2.05) is 13.0 Å². The maximum absolute atomic E-state index is 13.1. The normalized spacial score (nSPS) is 12.0. The fourth-order valence-corrected chi connectivity index (χ4v) is 2.56. The van der Waals surface area contributed by atoms with Gasteiger partial charge in [-0.1, -0.05) is 19.1 Å². The molecule has 0 bridgehead atoms. The van der Waals surface area contributed by atoms with Crippen molar-refractivity contribution < 1.29 is 23.5 Å². The number of halogens is 1. The topological polar surface area (TPSA) is 79.5 Å². The Hall–Kier alpha value is -2.63. The van der Waals surface area contributed by atoms with Crippen molar-refractivity contribution >= 4 is 11.9 Å². The summed E-state index contributed by atoms with van der Waals surface area (Å²) < 4.78 is 18.5. The SMILES string of the molecule is Cc1oc(CNC(=O)CC(C)Cc2cccc(F)c2)cc1C(=O)O. The van der Waals surface area contributed by atoms with Gasteiger partial charge in [0.15, 0.2) is 0 Å². The molecule has 2 N–H and O–H groups in total. The number of carbonyl (C=O) groups is 2. The molecule has 0 spiro atoms. The molecule has 0 aliphatic heterocycles. The monoisotopic (exact) mass is 333 g/mol. The molecule has 128 valence electrons. The summed E-state index contributed by atoms with van der Waals surface area (Å²) in [6.07, 6.45) is 0.899. The molecule has 0 fully saturated rings. The predicted octanol–water partition coefficient (Wildman–Crippen LogP) is 3.31. The number of furan rings is 1. The van der Waals surface area contributed by atoms with Crippen LogP contribution in [0.2, 0.25) is 0 Å². The molecule has 1 unspecified atom stereocenters. The summed E-state index contributed by atoms with van der Waals surface area (Å²) in [4.78, 5) is 22.9. The predicted molar refractivity (Wildman–Crippen MR) is 86.1 cm³/mol. The Labute approximate surface area is 139 Å². The van der Waals surface area contributed by atoms with Gasteiger partial charge in [-0.05, 0) is 43.0 Å². The lowest BCUT2D eigenvalue weighted by Crippen LogP contribution is -2.24. The number of amides is 1. The van der Waals surface area contributed by atoms with Gasteiger partial charge in [-0.15, -0.1) is 0 Å². The van der Waals surface area contributed by atoms with Gasteiger partial charge in [0.25, 0.3) is 0 Å². The van der Waals surface area contributed by atoms with E-state index in [1.165, 1.54) is 18.2 Å². The first-order chi connectivity index (χ1) is 11.3. The number of nitrogens with one attached hydrogen (secondary N) is 1. The molecule has 1 aromatic carbocycles. The smallest absolute Gasteiger partial charge is 0.339 e. The van der Waals surface area contributed by atoms with Crippen molar-refractivity contribution in [3.63, 3.8) is 0 Å². The standard InChI is InChI=1S/C18H20FNO4/c1-11(6-13-4-3-5-14(19)8-13)7-17(21)20-10-15-9-16(18(22)23)12(2)24-15/h3-5,8-9,11H,6-7,10H2,1-2H3,(H,20,21)(H,22,23). The number of carboxylic acid groups (broad SMARTS) is 1. The van der Waals surface area contributed by atoms with Crippen molar-refractivity contribution in [1.82, 2.24) is 5.32 Å². The first kappa shape index (κ1) is 17.7. The molecule has 5 nitrogen and oxygen atoms in total. The Morgan fingerprint density at radius 1 is 1.33 bits per heavy atom. The highest BCUT2D eigenvalue weighted by atomic mass is 19.1. The summed E-state index contributed by atoms with van der Waals surface area (Å²) in [6, 6.07) is 7.74. The van der Waals surface area contributed by atoms with E-state index in [0.717, 1.165) is 5.56 Å². The number of hydrogen-bond donors (Lipinski definition) is 2. The Bertz CT molecular complexity index is 738. The maximum Gasteiger partial charge on any atom is 0.339 e. The lowest BCUT2D eigenvalue weighted by molar-refractivity contribution is -0.122. The zero-order chi connectivity index (χ0) is 17.7. The van der Waals surface area contributed by atoms with E-state index in [1.54, 1.807) is 13.0 Å². The number of carboxylic acids is 1. The van der Waals surface area contributed by atoms with Crippen molar-refractivity contribution in [2.24, 2.45) is 5.92 Å². The van der Waals surface area contributed by atoms with Gasteiger partial charge < -0.3 is 14.8 Å². The lowest BCUT2D eigenvalue weighted by atomic mass is 9.98. The minimum Gasteiger partial charge on any atom is -0.478 e. The Kier molecular flexibility index (Phi) is 5.73. The Balaban J connectivity index is 1.82. The number of carbonyl (C=O) groups excluding carboxylic acids is 1. The molecule has 1 heterocycles. The summed E-state index contributed by atoms with van der Waals surface area (Å²) in [5.41, 5.74) is 0.946. The molecule has 1 atom stereocenters. The van der Waals surface area contributed by atoms with Crippen molar-refractivity contribution in [2.75, 3.05) is 0 Å². The average molecular weight is 333 g/mol. The fourth-order valence-electron chi connectivity index (χ4n) is 2.56. The molecule has 1 aromatic heterocycles. The van der Waals surface area contributed by atoms with E-state index in [0.29, 0.717) is 24.4 Å². The minimum absolute atomic E-state index is 0.0553. The molecular formula is C18H20FNO4. The van der Waals surface area contributed by atoms with E-state index >= 15 is 0 Å². The molecule has 0 saturated carbocycles. The van der Waals surface area contributed by atoms with Gasteiger partial charge in [0.05, 0.1) is 6.54 Å². The van der Waals surface area contributed by atoms with Crippen LogP contribution in [0.5, 0.6) is 0 Å². The van der Waals surface area contributed by atoms with Crippen LogP contribution < -0.4 is 5.32 Å². The van der Waals surface area contributed by atoms with Crippen LogP contribution in [0.15, 0.2) is 34.7 Å². The third-order valence-corrected chi connectivity index (χ3v) is 3.67. The number of rotatable bonds is 7. The molecule has 2 rings (SSSR count). The Morgan fingerprint density at radius 2 is 2.08 bits per heavy atom. The highest BCUT2D eigenvalue weighted by Gasteiger charge is 2.15. The van der Waals surface area contributed by atoms with Gasteiger partial charge in [-0.2, -0.15) is 0 Å². The fraction of sp³-hybridized carbons (Fsp3) is 0.333. The number of aromatic carboxylic acids is 1. The first-order valence-electron chi connectivity index (χ1n) is 7.69. The summed E-state index contributed by atoms with van der Waals surface area (Å²) in [5.74, 6) is -0.740. The van der Waals surface area contributed by atoms with Gasteiger partial charge in [0.2, 0.25) is 5.91 Å². The zero-order valence-electron chi connectivity index (χ0n) is 13.6. The molecule has 0 aliphatic carbocycles. The number of hydrogen-bond acceptors (Lipinski definition) is 3. The Morgan fingerprint density at radius 3 is 2.71 bits per heavy atom. The van der Waals surface area contributed by atoms with Crippen molar-refractivity contribution in [3.05, 3.63) is 58.8 Å². The van der Waals surface area contributed by atoms with E-state index in [4.69, 9.17) is 9.52 Å². The van der Waals surface area contributed by atoms with E-state index in [9.17, 15) is 14.0 Å². The van der Waals surface area contributed by atoms with Crippen LogP contribution in [0.1, 0.15) is 40.8 Å². The summed E-state index contributed by atoms with van der Waals surface area (Å²) in [7, 11) is 0. The molecule has 24 heavy (non-hydrogen) atoms. The van der Waals surface area contributed by atoms with E-state index in [-0.39, 0.29) is 29.8 Å². The maximum atomic E-state index is 13.1. The van der Waals surface area contributed by atoms with Crippen LogP contribution in [0.4, 0.5) is 4.39 Å². The largest absolute Gasteiger partial charge is 0.478 e.